The molecule has 5 N–H and O–H groups in total. The Morgan fingerprint density at radius 1 is 1.21 bits per heavy atom. The van der Waals surface area contributed by atoms with E-state index in [1.165, 1.54) is 6.07 Å². The summed E-state index contributed by atoms with van der Waals surface area (Å²) in [4.78, 5) is 22.5. The Morgan fingerprint density at radius 3 is 2.38 bits per heavy atom. The van der Waals surface area contributed by atoms with Gasteiger partial charge in [-0.3, -0.25) is 0 Å². The van der Waals surface area contributed by atoms with Crippen molar-refractivity contribution < 1.29 is 19.4 Å². The van der Waals surface area contributed by atoms with Crippen molar-refractivity contribution in [3.63, 3.8) is 0 Å². The van der Waals surface area contributed by atoms with Crippen LogP contribution in [-0.4, -0.2) is 23.8 Å². The Bertz CT molecular complexity index is 769. The third kappa shape index (κ3) is 3.84. The van der Waals surface area contributed by atoms with Crippen LogP contribution in [0.25, 0.3) is 11.1 Å². The number of carboxylic acids is 1. The van der Waals surface area contributed by atoms with Gasteiger partial charge in [-0.1, -0.05) is 36.8 Å². The molecule has 6 heteroatoms. The summed E-state index contributed by atoms with van der Waals surface area (Å²) in [6.07, 6.45) is -0.897. The van der Waals surface area contributed by atoms with Gasteiger partial charge in [0.15, 0.2) is 0 Å². The molecule has 0 saturated carbocycles. The average Bonchev–Trinajstić information content (AvgIpc) is 2.52. The largest absolute Gasteiger partial charge is 0.478 e. The lowest BCUT2D eigenvalue weighted by Crippen LogP contribution is -2.18. The van der Waals surface area contributed by atoms with Crippen LogP contribution in [-0.2, 0) is 4.74 Å². The predicted molar refractivity (Wildman–Crippen MR) is 91.9 cm³/mol. The summed E-state index contributed by atoms with van der Waals surface area (Å²) >= 11 is 0. The second-order valence-corrected chi connectivity index (χ2v) is 5.73. The van der Waals surface area contributed by atoms with Crippen LogP contribution in [0.5, 0.6) is 0 Å². The van der Waals surface area contributed by atoms with Crippen LogP contribution in [0, 0.1) is 6.92 Å². The molecule has 0 radical (unpaired) electrons. The molecule has 6 nitrogen and oxygen atoms in total. The summed E-state index contributed by atoms with van der Waals surface area (Å²) < 4.78 is 4.85. The van der Waals surface area contributed by atoms with E-state index in [9.17, 15) is 14.7 Å². The van der Waals surface area contributed by atoms with E-state index in [0.717, 1.165) is 11.1 Å². The van der Waals surface area contributed by atoms with Gasteiger partial charge in [0.25, 0.3) is 0 Å². The molecule has 2 aromatic rings. The van der Waals surface area contributed by atoms with E-state index in [1.54, 1.807) is 13.0 Å². The molecule has 1 atom stereocenters. The van der Waals surface area contributed by atoms with Crippen molar-refractivity contribution in [1.29, 1.82) is 0 Å². The zero-order valence-corrected chi connectivity index (χ0v) is 13.6. The highest BCUT2D eigenvalue weighted by atomic mass is 16.5. The summed E-state index contributed by atoms with van der Waals surface area (Å²) in [6, 6.07) is 10.8. The molecule has 1 amide bonds. The topological polar surface area (TPSA) is 116 Å². The molecular formula is C18H20N2O4. The minimum absolute atomic E-state index is 0.0155. The van der Waals surface area contributed by atoms with Gasteiger partial charge in [0.05, 0.1) is 12.2 Å². The lowest BCUT2D eigenvalue weighted by Gasteiger charge is -2.20. The van der Waals surface area contributed by atoms with Crippen LogP contribution in [0.2, 0.25) is 0 Å². The zero-order valence-electron chi connectivity index (χ0n) is 13.6. The number of hydrogen-bond donors (Lipinski definition) is 3. The number of carbonyl (C=O) groups excluding carboxylic acids is 1. The highest BCUT2D eigenvalue weighted by molar-refractivity contribution is 5.94. The molecule has 0 fully saturated rings. The third-order valence-corrected chi connectivity index (χ3v) is 3.76. The summed E-state index contributed by atoms with van der Waals surface area (Å²) in [7, 11) is 0. The minimum atomic E-state index is -1.09. The number of anilines is 1. The molecule has 0 aliphatic carbocycles. The van der Waals surface area contributed by atoms with Crippen LogP contribution < -0.4 is 11.5 Å². The van der Waals surface area contributed by atoms with Crippen molar-refractivity contribution in [3.8, 4) is 11.1 Å². The maximum absolute atomic E-state index is 11.7. The molecule has 0 bridgehead atoms. The molecule has 0 aliphatic rings. The highest BCUT2D eigenvalue weighted by Gasteiger charge is 2.22. The van der Waals surface area contributed by atoms with Crippen molar-refractivity contribution >= 4 is 17.7 Å². The van der Waals surface area contributed by atoms with Gasteiger partial charge < -0.3 is 21.3 Å². The molecule has 0 saturated heterocycles. The second kappa shape index (κ2) is 7.04. The highest BCUT2D eigenvalue weighted by Crippen LogP contribution is 2.35. The predicted octanol–water partition coefficient (Wildman–Crippen LogP) is 3.14. The lowest BCUT2D eigenvalue weighted by atomic mass is 9.87. The molecular weight excluding hydrogens is 308 g/mol. The van der Waals surface area contributed by atoms with Gasteiger partial charge in [-0.25, -0.2) is 9.59 Å². The molecule has 2 rings (SSSR count). The molecule has 0 aliphatic heterocycles. The van der Waals surface area contributed by atoms with Crippen molar-refractivity contribution in [2.45, 2.75) is 19.8 Å². The first-order valence-corrected chi connectivity index (χ1v) is 7.45. The number of nitrogens with two attached hydrogens (primary N) is 2. The fraction of sp³-hybridized carbons (Fsp3) is 0.222. The molecule has 0 heterocycles. The van der Waals surface area contributed by atoms with E-state index in [1.807, 2.05) is 31.2 Å². The van der Waals surface area contributed by atoms with Gasteiger partial charge in [0.2, 0.25) is 0 Å². The number of ether oxygens (including phenoxy) is 1. The van der Waals surface area contributed by atoms with Gasteiger partial charge in [0.1, 0.15) is 0 Å². The maximum atomic E-state index is 11.7. The number of benzene rings is 2. The SMILES string of the molecule is Cc1ccc(-c2cc(N)cc(C(=O)O)c2C(C)COC(N)=O)cc1. The van der Waals surface area contributed by atoms with Crippen molar-refractivity contribution in [2.24, 2.45) is 5.73 Å². The first-order valence-electron chi connectivity index (χ1n) is 7.45. The third-order valence-electron chi connectivity index (χ3n) is 3.76. The first-order chi connectivity index (χ1) is 11.3. The number of hydrogen-bond acceptors (Lipinski definition) is 4. The van der Waals surface area contributed by atoms with E-state index in [0.29, 0.717) is 16.8 Å². The van der Waals surface area contributed by atoms with Crippen LogP contribution in [0.15, 0.2) is 36.4 Å². The standard InChI is InChI=1S/C18H20N2O4/c1-10-3-5-12(6-4-10)14-7-13(19)8-15(17(21)22)16(14)11(2)9-24-18(20)23/h3-8,11H,9,19H2,1-2H3,(H2,20,23)(H,21,22). The summed E-state index contributed by atoms with van der Waals surface area (Å²) in [6.45, 7) is 3.73. The number of nitrogen functional groups attached to an aromatic ring is 1. The summed E-state index contributed by atoms with van der Waals surface area (Å²) in [5, 5.41) is 9.54. The van der Waals surface area contributed by atoms with E-state index in [4.69, 9.17) is 16.2 Å². The fourth-order valence-electron chi connectivity index (χ4n) is 2.65. The van der Waals surface area contributed by atoms with Gasteiger partial charge in [-0.15, -0.1) is 0 Å². The van der Waals surface area contributed by atoms with Crippen LogP contribution >= 0.6 is 0 Å². The monoisotopic (exact) mass is 328 g/mol. The van der Waals surface area contributed by atoms with Crippen molar-refractivity contribution in [2.75, 3.05) is 12.3 Å². The van der Waals surface area contributed by atoms with Crippen LogP contribution in [0.3, 0.4) is 0 Å². The number of primary amides is 1. The van der Waals surface area contributed by atoms with E-state index in [-0.39, 0.29) is 18.1 Å². The van der Waals surface area contributed by atoms with Gasteiger partial charge in [-0.05, 0) is 35.7 Å². The smallest absolute Gasteiger partial charge is 0.404 e. The average molecular weight is 328 g/mol. The molecule has 2 aromatic carbocycles. The maximum Gasteiger partial charge on any atom is 0.404 e. The normalized spacial score (nSPS) is 11.8. The zero-order chi connectivity index (χ0) is 17.9. The Kier molecular flexibility index (Phi) is 5.08. The molecule has 1 unspecified atom stereocenters. The van der Waals surface area contributed by atoms with E-state index >= 15 is 0 Å². The van der Waals surface area contributed by atoms with Gasteiger partial charge in [-0.2, -0.15) is 0 Å². The lowest BCUT2D eigenvalue weighted by molar-refractivity contribution is 0.0695. The number of amides is 1. The van der Waals surface area contributed by atoms with Gasteiger partial charge in [0, 0.05) is 11.6 Å². The Hall–Kier alpha value is -3.02. The number of aromatic carboxylic acids is 1. The molecule has 0 spiro atoms. The Balaban J connectivity index is 2.61. The van der Waals surface area contributed by atoms with Crippen LogP contribution in [0.4, 0.5) is 10.5 Å². The second-order valence-electron chi connectivity index (χ2n) is 5.73. The van der Waals surface area contributed by atoms with Gasteiger partial charge >= 0.3 is 12.1 Å². The number of carboxylic acid groups (broad SMARTS) is 1. The van der Waals surface area contributed by atoms with Crippen molar-refractivity contribution in [1.82, 2.24) is 0 Å². The Morgan fingerprint density at radius 2 is 1.83 bits per heavy atom. The fourth-order valence-corrected chi connectivity index (χ4v) is 2.65. The Labute approximate surface area is 140 Å². The van der Waals surface area contributed by atoms with E-state index in [2.05, 4.69) is 0 Å². The summed E-state index contributed by atoms with van der Waals surface area (Å²) in [5.41, 5.74) is 14.5. The quantitative estimate of drug-likeness (QED) is 0.729. The molecule has 126 valence electrons. The van der Waals surface area contributed by atoms with Crippen molar-refractivity contribution in [3.05, 3.63) is 53.1 Å². The van der Waals surface area contributed by atoms with E-state index < -0.39 is 12.1 Å². The minimum Gasteiger partial charge on any atom is -0.478 e. The molecule has 24 heavy (non-hydrogen) atoms. The first kappa shape index (κ1) is 17.3. The van der Waals surface area contributed by atoms with Crippen LogP contribution in [0.1, 0.15) is 34.3 Å². The number of carbonyl (C=O) groups is 2. The number of aryl methyl sites for hydroxylation is 1. The number of rotatable bonds is 5. The molecule has 0 aromatic heterocycles. The summed E-state index contributed by atoms with van der Waals surface area (Å²) in [5.74, 6) is -1.45.